The Bertz CT molecular complexity index is 838. The van der Waals surface area contributed by atoms with Crippen molar-refractivity contribution in [2.75, 3.05) is 5.32 Å². The SMILES string of the molecule is CC[C@@H](C)NC(=O)c1ccccc1NC(=O)[C@H](CC)Oc1ccc(Cl)c(C)c1. The van der Waals surface area contributed by atoms with Crippen molar-refractivity contribution in [2.45, 2.75) is 52.7 Å². The molecule has 2 amide bonds. The minimum atomic E-state index is -0.689. The van der Waals surface area contributed by atoms with E-state index in [0.29, 0.717) is 28.4 Å². The van der Waals surface area contributed by atoms with E-state index in [0.717, 1.165) is 12.0 Å². The molecule has 0 heterocycles. The number of halogens is 1. The number of aryl methyl sites for hydroxylation is 1. The van der Waals surface area contributed by atoms with Gasteiger partial charge in [-0.15, -0.1) is 0 Å². The summed E-state index contributed by atoms with van der Waals surface area (Å²) in [6, 6.07) is 12.3. The first-order chi connectivity index (χ1) is 13.3. The predicted octanol–water partition coefficient (Wildman–Crippen LogP) is 4.97. The number of benzene rings is 2. The van der Waals surface area contributed by atoms with Gasteiger partial charge in [0.1, 0.15) is 5.75 Å². The summed E-state index contributed by atoms with van der Waals surface area (Å²) in [5, 5.41) is 6.39. The maximum absolute atomic E-state index is 12.8. The van der Waals surface area contributed by atoms with E-state index in [1.54, 1.807) is 42.5 Å². The van der Waals surface area contributed by atoms with Gasteiger partial charge in [-0.2, -0.15) is 0 Å². The normalized spacial score (nSPS) is 12.8. The molecule has 150 valence electrons. The van der Waals surface area contributed by atoms with Gasteiger partial charge in [-0.1, -0.05) is 37.6 Å². The number of carbonyl (C=O) groups excluding carboxylic acids is 2. The van der Waals surface area contributed by atoms with Gasteiger partial charge in [-0.3, -0.25) is 9.59 Å². The zero-order valence-corrected chi connectivity index (χ0v) is 17.5. The van der Waals surface area contributed by atoms with Crippen LogP contribution in [-0.4, -0.2) is 24.0 Å². The Labute approximate surface area is 171 Å². The Morgan fingerprint density at radius 2 is 1.82 bits per heavy atom. The molecule has 0 aliphatic carbocycles. The van der Waals surface area contributed by atoms with Crippen molar-refractivity contribution in [1.82, 2.24) is 5.32 Å². The summed E-state index contributed by atoms with van der Waals surface area (Å²) >= 11 is 6.04. The van der Waals surface area contributed by atoms with Gasteiger partial charge in [0.05, 0.1) is 11.3 Å². The van der Waals surface area contributed by atoms with Gasteiger partial charge in [0.2, 0.25) is 0 Å². The number of anilines is 1. The van der Waals surface area contributed by atoms with Crippen LogP contribution in [-0.2, 0) is 4.79 Å². The van der Waals surface area contributed by atoms with Crippen LogP contribution in [0.3, 0.4) is 0 Å². The minimum Gasteiger partial charge on any atom is -0.481 e. The van der Waals surface area contributed by atoms with E-state index in [-0.39, 0.29) is 17.9 Å². The molecule has 6 heteroatoms. The molecule has 0 saturated carbocycles. The second-order valence-electron chi connectivity index (χ2n) is 6.74. The first-order valence-electron chi connectivity index (χ1n) is 9.49. The molecule has 0 aliphatic rings. The van der Waals surface area contributed by atoms with Crippen LogP contribution in [0, 0.1) is 6.92 Å². The van der Waals surface area contributed by atoms with E-state index in [9.17, 15) is 9.59 Å². The van der Waals surface area contributed by atoms with Gasteiger partial charge >= 0.3 is 0 Å². The molecular weight excluding hydrogens is 376 g/mol. The molecule has 0 fully saturated rings. The van der Waals surface area contributed by atoms with Gasteiger partial charge in [-0.05, 0) is 62.6 Å². The standard InChI is InChI=1S/C22H27ClN2O3/c1-5-15(4)24-21(26)17-9-7-8-10-19(17)25-22(27)20(6-2)28-16-11-12-18(23)14(3)13-16/h7-13,15,20H,5-6H2,1-4H3,(H,24,26)(H,25,27)/t15-,20+/m1/s1. The molecule has 0 spiro atoms. The van der Waals surface area contributed by atoms with E-state index in [2.05, 4.69) is 10.6 Å². The maximum Gasteiger partial charge on any atom is 0.265 e. The number of ether oxygens (including phenoxy) is 1. The van der Waals surface area contributed by atoms with Crippen molar-refractivity contribution in [3.8, 4) is 5.75 Å². The van der Waals surface area contributed by atoms with Gasteiger partial charge in [0, 0.05) is 11.1 Å². The van der Waals surface area contributed by atoms with Crippen molar-refractivity contribution < 1.29 is 14.3 Å². The van der Waals surface area contributed by atoms with Gasteiger partial charge in [-0.25, -0.2) is 0 Å². The summed E-state index contributed by atoms with van der Waals surface area (Å²) in [5.41, 5.74) is 1.76. The van der Waals surface area contributed by atoms with Crippen LogP contribution in [0.25, 0.3) is 0 Å². The average Bonchev–Trinajstić information content (AvgIpc) is 2.68. The maximum atomic E-state index is 12.8. The van der Waals surface area contributed by atoms with Crippen LogP contribution in [0.1, 0.15) is 49.5 Å². The second kappa shape index (κ2) is 10.1. The quantitative estimate of drug-likeness (QED) is 0.654. The lowest BCUT2D eigenvalue weighted by Gasteiger charge is -2.19. The molecule has 2 rings (SSSR count). The van der Waals surface area contributed by atoms with Gasteiger partial charge in [0.25, 0.3) is 11.8 Å². The van der Waals surface area contributed by atoms with Gasteiger partial charge in [0.15, 0.2) is 6.10 Å². The lowest BCUT2D eigenvalue weighted by atomic mass is 10.1. The average molecular weight is 403 g/mol. The van der Waals surface area contributed by atoms with E-state index in [1.165, 1.54) is 0 Å². The summed E-state index contributed by atoms with van der Waals surface area (Å²) in [6.07, 6.45) is 0.618. The predicted molar refractivity (Wildman–Crippen MR) is 113 cm³/mol. The molecule has 2 aromatic rings. The van der Waals surface area contributed by atoms with Crippen LogP contribution in [0.5, 0.6) is 5.75 Å². The second-order valence-corrected chi connectivity index (χ2v) is 7.15. The fourth-order valence-corrected chi connectivity index (χ4v) is 2.70. The van der Waals surface area contributed by atoms with Crippen LogP contribution in [0.15, 0.2) is 42.5 Å². The van der Waals surface area contributed by atoms with E-state index < -0.39 is 6.10 Å². The molecule has 0 radical (unpaired) electrons. The summed E-state index contributed by atoms with van der Waals surface area (Å²) in [4.78, 5) is 25.3. The first-order valence-corrected chi connectivity index (χ1v) is 9.87. The number of hydrogen-bond donors (Lipinski definition) is 2. The topological polar surface area (TPSA) is 67.4 Å². The zero-order chi connectivity index (χ0) is 20.7. The number of carbonyl (C=O) groups is 2. The summed E-state index contributed by atoms with van der Waals surface area (Å²) in [6.45, 7) is 7.69. The molecule has 0 aromatic heterocycles. The highest BCUT2D eigenvalue weighted by molar-refractivity contribution is 6.31. The lowest BCUT2D eigenvalue weighted by molar-refractivity contribution is -0.122. The Morgan fingerprint density at radius 1 is 1.11 bits per heavy atom. The Hall–Kier alpha value is -2.53. The third kappa shape index (κ3) is 5.73. The highest BCUT2D eigenvalue weighted by Crippen LogP contribution is 2.23. The van der Waals surface area contributed by atoms with Crippen molar-refractivity contribution in [3.05, 3.63) is 58.6 Å². The molecule has 0 saturated heterocycles. The Kier molecular flexibility index (Phi) is 7.88. The molecule has 0 unspecified atom stereocenters. The van der Waals surface area contributed by atoms with Crippen molar-refractivity contribution in [2.24, 2.45) is 0 Å². The number of para-hydroxylation sites is 1. The number of hydrogen-bond acceptors (Lipinski definition) is 3. The monoisotopic (exact) mass is 402 g/mol. The first kappa shape index (κ1) is 21.8. The molecule has 2 atom stereocenters. The number of amides is 2. The van der Waals surface area contributed by atoms with Crippen molar-refractivity contribution in [1.29, 1.82) is 0 Å². The summed E-state index contributed by atoms with van der Waals surface area (Å²) < 4.78 is 5.84. The Balaban J connectivity index is 2.14. The molecular formula is C22H27ClN2O3. The van der Waals surface area contributed by atoms with Crippen LogP contribution in [0.4, 0.5) is 5.69 Å². The van der Waals surface area contributed by atoms with E-state index >= 15 is 0 Å². The summed E-state index contributed by atoms with van der Waals surface area (Å²) in [7, 11) is 0. The number of nitrogens with one attached hydrogen (secondary N) is 2. The molecule has 0 bridgehead atoms. The van der Waals surface area contributed by atoms with Crippen molar-refractivity contribution in [3.63, 3.8) is 0 Å². The molecule has 28 heavy (non-hydrogen) atoms. The van der Waals surface area contributed by atoms with E-state index in [1.807, 2.05) is 27.7 Å². The highest BCUT2D eigenvalue weighted by atomic mass is 35.5. The van der Waals surface area contributed by atoms with Crippen LogP contribution >= 0.6 is 11.6 Å². The third-order valence-electron chi connectivity index (χ3n) is 4.49. The number of rotatable bonds is 8. The zero-order valence-electron chi connectivity index (χ0n) is 16.7. The lowest BCUT2D eigenvalue weighted by Crippen LogP contribution is -2.35. The highest BCUT2D eigenvalue weighted by Gasteiger charge is 2.21. The van der Waals surface area contributed by atoms with Gasteiger partial charge < -0.3 is 15.4 Å². The minimum absolute atomic E-state index is 0.0520. The molecule has 0 aliphatic heterocycles. The fourth-order valence-electron chi connectivity index (χ4n) is 2.58. The van der Waals surface area contributed by atoms with Crippen LogP contribution in [0.2, 0.25) is 5.02 Å². The van der Waals surface area contributed by atoms with E-state index in [4.69, 9.17) is 16.3 Å². The largest absolute Gasteiger partial charge is 0.481 e. The smallest absolute Gasteiger partial charge is 0.265 e. The molecule has 5 nitrogen and oxygen atoms in total. The molecule has 2 aromatic carbocycles. The Morgan fingerprint density at radius 3 is 2.46 bits per heavy atom. The fraction of sp³-hybridized carbons (Fsp3) is 0.364. The van der Waals surface area contributed by atoms with Crippen molar-refractivity contribution >= 4 is 29.1 Å². The third-order valence-corrected chi connectivity index (χ3v) is 4.91. The molecule has 2 N–H and O–H groups in total. The van der Waals surface area contributed by atoms with Crippen LogP contribution < -0.4 is 15.4 Å². The summed E-state index contributed by atoms with van der Waals surface area (Å²) in [5.74, 6) is 0.0538.